The molecule has 0 N–H and O–H groups in total. The molecule has 7 heteroatoms. The van der Waals surface area contributed by atoms with Crippen LogP contribution < -0.4 is 0 Å². The Morgan fingerprint density at radius 2 is 1.22 bits per heavy atom. The molecule has 0 aliphatic heterocycles. The number of nitrogens with zero attached hydrogens (tertiary/aromatic N) is 4. The topological polar surface area (TPSA) is 68.6 Å². The van der Waals surface area contributed by atoms with Gasteiger partial charge in [-0.1, -0.05) is 23.5 Å². The summed E-state index contributed by atoms with van der Waals surface area (Å²) in [6.45, 7) is 0. The Morgan fingerprint density at radius 1 is 0.833 bits per heavy atom. The molecule has 2 aromatic heterocycles. The minimum Gasteiger partial charge on any atom is -0.298 e. The van der Waals surface area contributed by atoms with Crippen LogP contribution in [-0.2, 0) is 4.79 Å². The van der Waals surface area contributed by atoms with Crippen molar-refractivity contribution in [3.05, 3.63) is 36.9 Å². The second kappa shape index (κ2) is 7.07. The number of thioether (sulfide) groups is 2. The van der Waals surface area contributed by atoms with Crippen molar-refractivity contribution in [2.24, 2.45) is 0 Å². The fourth-order valence-electron chi connectivity index (χ4n) is 1.05. The molecule has 0 atom stereocenters. The van der Waals surface area contributed by atoms with E-state index < -0.39 is 0 Å². The molecule has 0 bridgehead atoms. The normalized spacial score (nSPS) is 10.2. The van der Waals surface area contributed by atoms with Crippen LogP contribution in [-0.4, -0.2) is 37.2 Å². The molecule has 0 aliphatic carbocycles. The van der Waals surface area contributed by atoms with Crippen molar-refractivity contribution in [3.8, 4) is 0 Å². The summed E-state index contributed by atoms with van der Waals surface area (Å²) in [4.78, 5) is 27.8. The van der Waals surface area contributed by atoms with E-state index in [-0.39, 0.29) is 5.78 Å². The van der Waals surface area contributed by atoms with E-state index in [0.717, 1.165) is 0 Å². The molecule has 0 aliphatic rings. The number of hydrogen-bond donors (Lipinski definition) is 0. The van der Waals surface area contributed by atoms with Crippen molar-refractivity contribution in [1.29, 1.82) is 0 Å². The summed E-state index contributed by atoms with van der Waals surface area (Å²) in [5.74, 6) is 0.846. The summed E-state index contributed by atoms with van der Waals surface area (Å²) in [6.07, 6.45) is 6.64. The van der Waals surface area contributed by atoms with Crippen LogP contribution in [0.3, 0.4) is 0 Å². The zero-order valence-corrected chi connectivity index (χ0v) is 11.0. The van der Waals surface area contributed by atoms with Crippen LogP contribution in [0.5, 0.6) is 0 Å². The van der Waals surface area contributed by atoms with Gasteiger partial charge in [-0.3, -0.25) is 4.79 Å². The Morgan fingerprint density at radius 3 is 1.61 bits per heavy atom. The van der Waals surface area contributed by atoms with E-state index in [9.17, 15) is 4.79 Å². The lowest BCUT2D eigenvalue weighted by Crippen LogP contribution is -2.05. The highest BCUT2D eigenvalue weighted by atomic mass is 32.2. The van der Waals surface area contributed by atoms with Gasteiger partial charge >= 0.3 is 0 Å². The molecule has 0 amide bonds. The number of carbonyl (C=O) groups excluding carboxylic acids is 1. The number of Topliss-reactive ketones (excluding diaryl/α,β-unsaturated/α-hetero) is 1. The number of carbonyl (C=O) groups is 1. The molecule has 5 nitrogen and oxygen atoms in total. The van der Waals surface area contributed by atoms with Crippen LogP contribution in [0.25, 0.3) is 0 Å². The maximum absolute atomic E-state index is 11.6. The molecule has 92 valence electrons. The highest BCUT2D eigenvalue weighted by Crippen LogP contribution is 2.15. The lowest BCUT2D eigenvalue weighted by Gasteiger charge is -1.99. The van der Waals surface area contributed by atoms with Gasteiger partial charge in [-0.15, -0.1) is 0 Å². The Labute approximate surface area is 113 Å². The summed E-state index contributed by atoms with van der Waals surface area (Å²) in [5, 5.41) is 1.23. The van der Waals surface area contributed by atoms with Gasteiger partial charge in [0.15, 0.2) is 16.1 Å². The molecular weight excluding hydrogens is 268 g/mol. The van der Waals surface area contributed by atoms with E-state index in [4.69, 9.17) is 0 Å². The quantitative estimate of drug-likeness (QED) is 0.588. The van der Waals surface area contributed by atoms with E-state index in [1.165, 1.54) is 23.5 Å². The molecular formula is C11H10N4OS2. The highest BCUT2D eigenvalue weighted by molar-refractivity contribution is 8.01. The van der Waals surface area contributed by atoms with Crippen molar-refractivity contribution >= 4 is 29.3 Å². The number of ketones is 1. The van der Waals surface area contributed by atoms with Gasteiger partial charge in [-0.2, -0.15) is 0 Å². The largest absolute Gasteiger partial charge is 0.298 e. The third-order valence-corrected chi connectivity index (χ3v) is 3.68. The Kier molecular flexibility index (Phi) is 5.10. The third-order valence-electron chi connectivity index (χ3n) is 1.81. The number of hydrogen-bond acceptors (Lipinski definition) is 7. The molecule has 0 radical (unpaired) electrons. The molecule has 0 unspecified atom stereocenters. The van der Waals surface area contributed by atoms with E-state index >= 15 is 0 Å². The van der Waals surface area contributed by atoms with Crippen LogP contribution in [0.1, 0.15) is 0 Å². The lowest BCUT2D eigenvalue weighted by atomic mass is 10.5. The van der Waals surface area contributed by atoms with E-state index in [2.05, 4.69) is 19.9 Å². The maximum atomic E-state index is 11.6. The fourth-order valence-corrected chi connectivity index (χ4v) is 2.51. The van der Waals surface area contributed by atoms with E-state index in [1.807, 2.05) is 0 Å². The predicted molar refractivity (Wildman–Crippen MR) is 70.5 cm³/mol. The minimum atomic E-state index is 0.116. The zero-order valence-electron chi connectivity index (χ0n) is 9.39. The smallest absolute Gasteiger partial charge is 0.187 e. The van der Waals surface area contributed by atoms with Crippen molar-refractivity contribution in [2.75, 3.05) is 11.5 Å². The van der Waals surface area contributed by atoms with Crippen LogP contribution >= 0.6 is 23.5 Å². The SMILES string of the molecule is O=C(CSc1ncccn1)CSc1ncccn1. The minimum absolute atomic E-state index is 0.116. The number of aromatic nitrogens is 4. The Balaban J connectivity index is 1.73. The van der Waals surface area contributed by atoms with Gasteiger partial charge in [-0.05, 0) is 12.1 Å². The molecule has 2 aromatic rings. The molecule has 18 heavy (non-hydrogen) atoms. The summed E-state index contributed by atoms with van der Waals surface area (Å²) >= 11 is 2.68. The Bertz CT molecular complexity index is 449. The van der Waals surface area contributed by atoms with E-state index in [0.29, 0.717) is 21.8 Å². The standard InChI is InChI=1S/C11H10N4OS2/c16-9(7-17-10-12-3-1-4-13-10)8-18-11-14-5-2-6-15-11/h1-6H,7-8H2. The summed E-state index contributed by atoms with van der Waals surface area (Å²) in [7, 11) is 0. The lowest BCUT2D eigenvalue weighted by molar-refractivity contribution is -0.114. The molecule has 0 saturated heterocycles. The summed E-state index contributed by atoms with van der Waals surface area (Å²) in [5.41, 5.74) is 0. The second-order valence-electron chi connectivity index (χ2n) is 3.18. The molecule has 0 aromatic carbocycles. The maximum Gasteiger partial charge on any atom is 0.187 e. The monoisotopic (exact) mass is 278 g/mol. The fraction of sp³-hybridized carbons (Fsp3) is 0.182. The van der Waals surface area contributed by atoms with Crippen LogP contribution in [0.4, 0.5) is 0 Å². The van der Waals surface area contributed by atoms with Crippen molar-refractivity contribution in [3.63, 3.8) is 0 Å². The van der Waals surface area contributed by atoms with Gasteiger partial charge < -0.3 is 0 Å². The van der Waals surface area contributed by atoms with Gasteiger partial charge in [0.25, 0.3) is 0 Å². The first kappa shape index (κ1) is 13.0. The van der Waals surface area contributed by atoms with Crippen molar-refractivity contribution in [2.45, 2.75) is 10.3 Å². The number of rotatable bonds is 6. The first-order valence-electron chi connectivity index (χ1n) is 5.16. The van der Waals surface area contributed by atoms with Gasteiger partial charge in [-0.25, -0.2) is 19.9 Å². The average Bonchev–Trinajstić information content (AvgIpc) is 2.45. The van der Waals surface area contributed by atoms with Gasteiger partial charge in [0.1, 0.15) is 0 Å². The second-order valence-corrected chi connectivity index (χ2v) is 5.06. The highest BCUT2D eigenvalue weighted by Gasteiger charge is 2.06. The Hall–Kier alpha value is -1.47. The van der Waals surface area contributed by atoms with Crippen molar-refractivity contribution in [1.82, 2.24) is 19.9 Å². The molecule has 2 heterocycles. The van der Waals surface area contributed by atoms with Gasteiger partial charge in [0.2, 0.25) is 0 Å². The summed E-state index contributed by atoms with van der Waals surface area (Å²) < 4.78 is 0. The van der Waals surface area contributed by atoms with Crippen molar-refractivity contribution < 1.29 is 4.79 Å². The van der Waals surface area contributed by atoms with Gasteiger partial charge in [0, 0.05) is 24.8 Å². The van der Waals surface area contributed by atoms with Crippen LogP contribution in [0, 0.1) is 0 Å². The molecule has 0 spiro atoms. The molecule has 0 fully saturated rings. The first-order valence-corrected chi connectivity index (χ1v) is 7.13. The van der Waals surface area contributed by atoms with Gasteiger partial charge in [0.05, 0.1) is 11.5 Å². The predicted octanol–water partition coefficient (Wildman–Crippen LogP) is 1.72. The molecule has 0 saturated carbocycles. The van der Waals surface area contributed by atoms with Crippen LogP contribution in [0.2, 0.25) is 0 Å². The third kappa shape index (κ3) is 4.42. The average molecular weight is 278 g/mol. The zero-order chi connectivity index (χ0) is 12.6. The first-order chi connectivity index (χ1) is 8.84. The summed E-state index contributed by atoms with van der Waals surface area (Å²) in [6, 6.07) is 3.49. The molecule has 2 rings (SSSR count). The van der Waals surface area contributed by atoms with Crippen LogP contribution in [0.15, 0.2) is 47.2 Å². The van der Waals surface area contributed by atoms with E-state index in [1.54, 1.807) is 36.9 Å².